The fraction of sp³-hybridized carbons (Fsp3) is 0.737. The minimum Gasteiger partial charge on any atom is -0.378 e. The first-order valence-corrected chi connectivity index (χ1v) is 9.99. The van der Waals surface area contributed by atoms with Gasteiger partial charge < -0.3 is 19.3 Å². The van der Waals surface area contributed by atoms with Crippen LogP contribution in [0.2, 0.25) is 0 Å². The molecule has 1 spiro atoms. The molecule has 7 nitrogen and oxygen atoms in total. The lowest BCUT2D eigenvalue weighted by molar-refractivity contribution is 0.122. The molecule has 4 aliphatic rings. The highest BCUT2D eigenvalue weighted by atomic mass is 16.5. The maximum atomic E-state index is 5.56. The zero-order chi connectivity index (χ0) is 17.4. The van der Waals surface area contributed by atoms with Gasteiger partial charge in [-0.05, 0) is 25.7 Å². The van der Waals surface area contributed by atoms with Gasteiger partial charge >= 0.3 is 0 Å². The average molecular weight is 357 g/mol. The third-order valence-electron chi connectivity index (χ3n) is 5.92. The Morgan fingerprint density at radius 1 is 0.808 bits per heavy atom. The standard InChI is InChI=1S/C19H27N5O2/c1-2-4-19(5-3-1)21-17-15(23-6-10-25-11-7-23)14-16(20-18(17)22-19)24-8-12-26-13-9-24/h14H,1-13H2. The lowest BCUT2D eigenvalue weighted by Crippen LogP contribution is -2.44. The Kier molecular flexibility index (Phi) is 4.29. The van der Waals surface area contributed by atoms with Crippen LogP contribution in [-0.2, 0) is 9.47 Å². The number of aromatic nitrogens is 1. The van der Waals surface area contributed by atoms with E-state index in [1.807, 2.05) is 0 Å². The Morgan fingerprint density at radius 2 is 1.46 bits per heavy atom. The first-order chi connectivity index (χ1) is 12.8. The predicted molar refractivity (Wildman–Crippen MR) is 98.4 cm³/mol. The van der Waals surface area contributed by atoms with Gasteiger partial charge in [-0.25, -0.2) is 15.0 Å². The van der Waals surface area contributed by atoms with Crippen molar-refractivity contribution in [2.24, 2.45) is 9.98 Å². The third kappa shape index (κ3) is 2.97. The Morgan fingerprint density at radius 3 is 2.15 bits per heavy atom. The van der Waals surface area contributed by atoms with Crippen molar-refractivity contribution >= 4 is 11.5 Å². The molecule has 26 heavy (non-hydrogen) atoms. The van der Waals surface area contributed by atoms with Crippen molar-refractivity contribution in [1.82, 2.24) is 4.98 Å². The van der Waals surface area contributed by atoms with Crippen LogP contribution in [0.15, 0.2) is 16.1 Å². The number of morpholine rings is 2. The van der Waals surface area contributed by atoms with Crippen molar-refractivity contribution < 1.29 is 9.47 Å². The molecule has 1 aromatic heterocycles. The third-order valence-corrected chi connectivity index (χ3v) is 5.92. The normalized spacial score (nSPS) is 24.9. The van der Waals surface area contributed by atoms with Crippen molar-refractivity contribution in [2.75, 3.05) is 62.4 Å². The van der Waals surface area contributed by atoms with E-state index in [2.05, 4.69) is 15.9 Å². The highest BCUT2D eigenvalue weighted by Gasteiger charge is 2.35. The molecular weight excluding hydrogens is 330 g/mol. The van der Waals surface area contributed by atoms with Crippen molar-refractivity contribution in [3.63, 3.8) is 0 Å². The summed E-state index contributed by atoms with van der Waals surface area (Å²) in [6, 6.07) is 2.22. The number of hydrogen-bond acceptors (Lipinski definition) is 7. The molecule has 4 heterocycles. The fourth-order valence-corrected chi connectivity index (χ4v) is 4.46. The van der Waals surface area contributed by atoms with Gasteiger partial charge in [0.05, 0.1) is 32.1 Å². The van der Waals surface area contributed by atoms with E-state index in [4.69, 9.17) is 24.4 Å². The molecule has 0 bridgehead atoms. The van der Waals surface area contributed by atoms with Gasteiger partial charge in [-0.1, -0.05) is 6.42 Å². The number of ether oxygens (including phenoxy) is 2. The predicted octanol–water partition coefficient (Wildman–Crippen LogP) is 0.668. The highest BCUT2D eigenvalue weighted by Crippen LogP contribution is 2.34. The summed E-state index contributed by atoms with van der Waals surface area (Å²) in [4.78, 5) is 19.9. The molecule has 0 N–H and O–H groups in total. The molecule has 0 amide bonds. The number of hydrogen-bond donors (Lipinski definition) is 0. The molecular formula is C19H27N5O2. The van der Waals surface area contributed by atoms with Crippen LogP contribution in [0.1, 0.15) is 32.1 Å². The lowest BCUT2D eigenvalue weighted by atomic mass is 9.90. The van der Waals surface area contributed by atoms with Crippen LogP contribution in [0, 0.1) is 0 Å². The average Bonchev–Trinajstić information content (AvgIpc) is 3.06. The van der Waals surface area contributed by atoms with E-state index in [9.17, 15) is 0 Å². The monoisotopic (exact) mass is 357 g/mol. The number of fused-ring (bicyclic) bond motifs is 1. The van der Waals surface area contributed by atoms with E-state index >= 15 is 0 Å². The van der Waals surface area contributed by atoms with Crippen LogP contribution in [0.25, 0.3) is 0 Å². The molecule has 0 aromatic carbocycles. The van der Waals surface area contributed by atoms with Crippen LogP contribution < -0.4 is 20.6 Å². The van der Waals surface area contributed by atoms with Crippen molar-refractivity contribution in [3.05, 3.63) is 16.9 Å². The fourth-order valence-electron chi connectivity index (χ4n) is 4.46. The Bertz CT molecular complexity index is 778. The summed E-state index contributed by atoms with van der Waals surface area (Å²) in [6.45, 7) is 6.64. The summed E-state index contributed by atoms with van der Waals surface area (Å²) in [7, 11) is 0. The second-order valence-corrected chi connectivity index (χ2v) is 7.64. The Hall–Kier alpha value is -1.73. The summed E-state index contributed by atoms with van der Waals surface area (Å²) in [5.41, 5.74) is 1.78. The smallest absolute Gasteiger partial charge is 0.179 e. The van der Waals surface area contributed by atoms with Crippen LogP contribution in [0.5, 0.6) is 0 Å². The molecule has 0 radical (unpaired) electrons. The minimum atomic E-state index is -0.252. The van der Waals surface area contributed by atoms with Gasteiger partial charge in [-0.15, -0.1) is 0 Å². The highest BCUT2D eigenvalue weighted by molar-refractivity contribution is 5.55. The quantitative estimate of drug-likeness (QED) is 0.778. The summed E-state index contributed by atoms with van der Waals surface area (Å²) in [5, 5.41) is 1.01. The number of nitrogens with zero attached hydrogens (tertiary/aromatic N) is 5. The summed E-state index contributed by atoms with van der Waals surface area (Å²) < 4.78 is 11.1. The van der Waals surface area contributed by atoms with Crippen LogP contribution in [-0.4, -0.2) is 63.3 Å². The SMILES string of the molecule is c1c(N2CCOCC2)nc2c(c1N1CCOCC1)=NC1(CCCCC1)N=2. The topological polar surface area (TPSA) is 62.5 Å². The molecule has 2 saturated heterocycles. The first kappa shape index (κ1) is 16.4. The lowest BCUT2D eigenvalue weighted by Gasteiger charge is -2.31. The number of anilines is 2. The van der Waals surface area contributed by atoms with E-state index in [0.717, 1.165) is 82.1 Å². The summed E-state index contributed by atoms with van der Waals surface area (Å²) in [5.74, 6) is 1.01. The summed E-state index contributed by atoms with van der Waals surface area (Å²) >= 11 is 0. The largest absolute Gasteiger partial charge is 0.378 e. The molecule has 7 heteroatoms. The second kappa shape index (κ2) is 6.78. The van der Waals surface area contributed by atoms with Crippen LogP contribution in [0.3, 0.4) is 0 Å². The zero-order valence-corrected chi connectivity index (χ0v) is 15.3. The van der Waals surface area contributed by atoms with Crippen LogP contribution >= 0.6 is 0 Å². The molecule has 1 saturated carbocycles. The van der Waals surface area contributed by atoms with Gasteiger partial charge in [0.25, 0.3) is 0 Å². The van der Waals surface area contributed by atoms with E-state index in [1.54, 1.807) is 0 Å². The molecule has 5 rings (SSSR count). The van der Waals surface area contributed by atoms with Crippen molar-refractivity contribution in [3.8, 4) is 0 Å². The molecule has 1 aromatic rings. The van der Waals surface area contributed by atoms with Gasteiger partial charge in [0.2, 0.25) is 0 Å². The minimum absolute atomic E-state index is 0.252. The van der Waals surface area contributed by atoms with Gasteiger partial charge in [0.15, 0.2) is 11.2 Å². The summed E-state index contributed by atoms with van der Waals surface area (Å²) in [6.07, 6.45) is 5.83. The Balaban J connectivity index is 1.60. The van der Waals surface area contributed by atoms with E-state index < -0.39 is 0 Å². The molecule has 140 valence electrons. The maximum absolute atomic E-state index is 5.56. The number of pyridine rings is 1. The molecule has 1 aliphatic carbocycles. The van der Waals surface area contributed by atoms with Gasteiger partial charge in [-0.3, -0.25) is 0 Å². The first-order valence-electron chi connectivity index (χ1n) is 9.99. The molecule has 0 atom stereocenters. The van der Waals surface area contributed by atoms with Gasteiger partial charge in [-0.2, -0.15) is 0 Å². The zero-order valence-electron chi connectivity index (χ0n) is 15.3. The van der Waals surface area contributed by atoms with E-state index in [1.165, 1.54) is 24.9 Å². The van der Waals surface area contributed by atoms with Crippen LogP contribution in [0.4, 0.5) is 11.5 Å². The molecule has 3 aliphatic heterocycles. The van der Waals surface area contributed by atoms with Gasteiger partial charge in [0, 0.05) is 32.2 Å². The Labute approximate surface area is 153 Å². The number of rotatable bonds is 2. The van der Waals surface area contributed by atoms with Gasteiger partial charge in [0.1, 0.15) is 11.2 Å². The molecule has 0 unspecified atom stereocenters. The second-order valence-electron chi connectivity index (χ2n) is 7.64. The van der Waals surface area contributed by atoms with Crippen molar-refractivity contribution in [1.29, 1.82) is 0 Å². The molecule has 3 fully saturated rings. The van der Waals surface area contributed by atoms with E-state index in [-0.39, 0.29) is 5.66 Å². The van der Waals surface area contributed by atoms with Crippen molar-refractivity contribution in [2.45, 2.75) is 37.8 Å². The van der Waals surface area contributed by atoms with E-state index in [0.29, 0.717) is 0 Å². The maximum Gasteiger partial charge on any atom is 0.179 e.